The van der Waals surface area contributed by atoms with Crippen molar-refractivity contribution in [2.24, 2.45) is 0 Å². The van der Waals surface area contributed by atoms with Crippen LogP contribution in [0.3, 0.4) is 0 Å². The summed E-state index contributed by atoms with van der Waals surface area (Å²) in [6.45, 7) is 6.40. The van der Waals surface area contributed by atoms with Gasteiger partial charge in [-0.3, -0.25) is 9.80 Å². The van der Waals surface area contributed by atoms with Gasteiger partial charge in [0, 0.05) is 74.7 Å². The molecular weight excluding hydrogens is 580 g/mol. The fraction of sp³-hybridized carbons (Fsp3) is 0.176. The fourth-order valence-electron chi connectivity index (χ4n) is 4.50. The average molecular weight is 615 g/mol. The number of aliphatic carboxylic acids is 4. The van der Waals surface area contributed by atoms with Gasteiger partial charge >= 0.3 is 23.9 Å². The molecule has 1 fully saturated rings. The number of piperazine rings is 1. The Morgan fingerprint density at radius 3 is 1.56 bits per heavy atom. The molecule has 5 rings (SSSR count). The number of hydrogen-bond donors (Lipinski definition) is 4. The van der Waals surface area contributed by atoms with Crippen LogP contribution in [0.2, 0.25) is 0 Å². The second kappa shape index (κ2) is 17.6. The number of carboxylic acid groups (broad SMARTS) is 4. The molecule has 0 saturated carbocycles. The summed E-state index contributed by atoms with van der Waals surface area (Å²) in [5.41, 5.74) is 5.09. The first-order valence-electron chi connectivity index (χ1n) is 13.9. The molecule has 45 heavy (non-hydrogen) atoms. The van der Waals surface area contributed by atoms with Crippen molar-refractivity contribution in [3.8, 4) is 11.5 Å². The number of benzene rings is 3. The van der Waals surface area contributed by atoms with Gasteiger partial charge in [0.1, 0.15) is 11.5 Å². The van der Waals surface area contributed by atoms with E-state index in [4.69, 9.17) is 25.2 Å². The van der Waals surface area contributed by atoms with E-state index in [0.717, 1.165) is 56.3 Å². The molecule has 0 spiro atoms. The van der Waals surface area contributed by atoms with Crippen LogP contribution in [-0.2, 0) is 25.7 Å². The Kier molecular flexibility index (Phi) is 13.3. The molecule has 3 aromatic carbocycles. The third kappa shape index (κ3) is 12.3. The van der Waals surface area contributed by atoms with Crippen LogP contribution in [0.25, 0.3) is 11.6 Å². The molecule has 4 N–H and O–H groups in total. The zero-order valence-corrected chi connectivity index (χ0v) is 24.4. The van der Waals surface area contributed by atoms with E-state index in [9.17, 15) is 19.2 Å². The molecule has 234 valence electrons. The molecule has 2 aliphatic rings. The molecule has 2 aliphatic heterocycles. The molecule has 0 aliphatic carbocycles. The van der Waals surface area contributed by atoms with Crippen LogP contribution in [-0.4, -0.2) is 86.8 Å². The Labute approximate surface area is 260 Å². The van der Waals surface area contributed by atoms with Gasteiger partial charge in [-0.2, -0.15) is 0 Å². The molecule has 0 atom stereocenters. The molecule has 11 nitrogen and oxygen atoms in total. The lowest BCUT2D eigenvalue weighted by atomic mass is 10.0. The molecule has 3 aromatic rings. The minimum Gasteiger partial charge on any atom is -0.478 e. The third-order valence-corrected chi connectivity index (χ3v) is 6.55. The average Bonchev–Trinajstić information content (AvgIpc) is 3.17. The standard InChI is InChI=1S/C26H26N2O.2C4H4O4/c1-2-8-21(9-3-1)19-27-14-16-28(17-15-27)20-23-18-22-10-4-6-12-25(22)29-26-13-7-5-11-24(23)26;2*5-3(6)1-2-4(7)8/h1-13,18H,14-17,19-20H2;2*1-2H,(H,5,6)(H,7,8)/b;2*2-1+. The first-order chi connectivity index (χ1) is 21.6. The number of nitrogens with zero attached hydrogens (tertiary/aromatic N) is 2. The monoisotopic (exact) mass is 614 g/mol. The second-order valence-electron chi connectivity index (χ2n) is 9.86. The van der Waals surface area contributed by atoms with Gasteiger partial charge in [0.15, 0.2) is 0 Å². The summed E-state index contributed by atoms with van der Waals surface area (Å²) in [4.78, 5) is 43.3. The van der Waals surface area contributed by atoms with Gasteiger partial charge in [-0.05, 0) is 29.3 Å². The molecule has 0 aromatic heterocycles. The van der Waals surface area contributed by atoms with Crippen LogP contribution < -0.4 is 4.74 Å². The number of carboxylic acids is 4. The molecule has 2 heterocycles. The maximum atomic E-state index is 9.55. The number of fused-ring (bicyclic) bond motifs is 2. The van der Waals surface area contributed by atoms with Crippen molar-refractivity contribution in [3.63, 3.8) is 0 Å². The predicted octanol–water partition coefficient (Wildman–Crippen LogP) is 4.57. The van der Waals surface area contributed by atoms with Gasteiger partial charge in [0.25, 0.3) is 0 Å². The highest BCUT2D eigenvalue weighted by molar-refractivity contribution is 5.90. The van der Waals surface area contributed by atoms with Gasteiger partial charge in [-0.15, -0.1) is 0 Å². The lowest BCUT2D eigenvalue weighted by Gasteiger charge is -2.35. The van der Waals surface area contributed by atoms with E-state index < -0.39 is 23.9 Å². The van der Waals surface area contributed by atoms with E-state index in [0.29, 0.717) is 24.3 Å². The Morgan fingerprint density at radius 1 is 0.578 bits per heavy atom. The molecule has 0 bridgehead atoms. The van der Waals surface area contributed by atoms with E-state index in [2.05, 4.69) is 76.5 Å². The normalized spacial score (nSPS) is 14.3. The molecule has 0 unspecified atom stereocenters. The summed E-state index contributed by atoms with van der Waals surface area (Å²) in [5, 5.41) is 31.2. The summed E-state index contributed by atoms with van der Waals surface area (Å²) in [6.07, 6.45) is 4.53. The van der Waals surface area contributed by atoms with Gasteiger partial charge in [-0.25, -0.2) is 19.2 Å². The number of carbonyl (C=O) groups is 4. The Morgan fingerprint density at radius 2 is 1.02 bits per heavy atom. The summed E-state index contributed by atoms with van der Waals surface area (Å²) in [5.74, 6) is -3.14. The summed E-state index contributed by atoms with van der Waals surface area (Å²) < 4.78 is 6.23. The van der Waals surface area contributed by atoms with Crippen molar-refractivity contribution in [1.29, 1.82) is 0 Å². The van der Waals surface area contributed by atoms with E-state index in [-0.39, 0.29) is 0 Å². The molecule has 0 radical (unpaired) electrons. The quantitative estimate of drug-likeness (QED) is 0.263. The van der Waals surface area contributed by atoms with Crippen molar-refractivity contribution in [2.75, 3.05) is 32.7 Å². The maximum Gasteiger partial charge on any atom is 0.328 e. The third-order valence-electron chi connectivity index (χ3n) is 6.55. The zero-order valence-electron chi connectivity index (χ0n) is 24.4. The number of ether oxygens (including phenoxy) is 1. The molecule has 11 heteroatoms. The topological polar surface area (TPSA) is 165 Å². The van der Waals surface area contributed by atoms with E-state index in [1.807, 2.05) is 18.2 Å². The van der Waals surface area contributed by atoms with Crippen LogP contribution in [0.4, 0.5) is 0 Å². The predicted molar refractivity (Wildman–Crippen MR) is 168 cm³/mol. The minimum atomic E-state index is -1.26. The summed E-state index contributed by atoms with van der Waals surface area (Å²) >= 11 is 0. The van der Waals surface area contributed by atoms with Gasteiger partial charge in [-0.1, -0.05) is 66.7 Å². The van der Waals surface area contributed by atoms with Crippen LogP contribution in [0.15, 0.2) is 103 Å². The largest absolute Gasteiger partial charge is 0.478 e. The van der Waals surface area contributed by atoms with E-state index in [1.54, 1.807) is 0 Å². The van der Waals surface area contributed by atoms with Crippen molar-refractivity contribution < 1.29 is 44.3 Å². The van der Waals surface area contributed by atoms with Gasteiger partial charge in [0.2, 0.25) is 0 Å². The smallest absolute Gasteiger partial charge is 0.328 e. The van der Waals surface area contributed by atoms with Crippen LogP contribution in [0.1, 0.15) is 16.7 Å². The molecule has 0 amide bonds. The summed E-state index contributed by atoms with van der Waals surface area (Å²) in [6, 6.07) is 27.5. The van der Waals surface area contributed by atoms with Crippen LogP contribution in [0, 0.1) is 0 Å². The van der Waals surface area contributed by atoms with Crippen LogP contribution in [0.5, 0.6) is 11.5 Å². The minimum absolute atomic E-state index is 0.558. The fourth-order valence-corrected chi connectivity index (χ4v) is 4.50. The lowest BCUT2D eigenvalue weighted by Crippen LogP contribution is -2.46. The second-order valence-corrected chi connectivity index (χ2v) is 9.86. The van der Waals surface area contributed by atoms with Gasteiger partial charge < -0.3 is 25.2 Å². The Hall–Kier alpha value is -5.52. The van der Waals surface area contributed by atoms with E-state index in [1.165, 1.54) is 16.7 Å². The van der Waals surface area contributed by atoms with Crippen molar-refractivity contribution in [2.45, 2.75) is 6.54 Å². The first-order valence-corrected chi connectivity index (χ1v) is 13.9. The van der Waals surface area contributed by atoms with Gasteiger partial charge in [0.05, 0.1) is 0 Å². The lowest BCUT2D eigenvalue weighted by molar-refractivity contribution is -0.134. The number of para-hydroxylation sites is 2. The van der Waals surface area contributed by atoms with Crippen molar-refractivity contribution in [1.82, 2.24) is 9.80 Å². The zero-order chi connectivity index (χ0) is 32.6. The SMILES string of the molecule is C1=C(CN2CCN(Cc3ccccc3)CC2)c2ccccc2Oc2ccccc21.O=C(O)/C=C/C(=O)O.O=C(O)/C=C/C(=O)O. The molecular formula is C34H34N2O9. The van der Waals surface area contributed by atoms with Crippen LogP contribution >= 0.6 is 0 Å². The Bertz CT molecular complexity index is 1490. The maximum absolute atomic E-state index is 9.55. The molecule has 1 saturated heterocycles. The number of rotatable bonds is 8. The van der Waals surface area contributed by atoms with E-state index >= 15 is 0 Å². The summed E-state index contributed by atoms with van der Waals surface area (Å²) in [7, 11) is 0. The Balaban J connectivity index is 0.000000287. The number of hydrogen-bond acceptors (Lipinski definition) is 7. The highest BCUT2D eigenvalue weighted by Crippen LogP contribution is 2.38. The first kappa shape index (κ1) is 34.0. The van der Waals surface area contributed by atoms with Crippen molar-refractivity contribution in [3.05, 3.63) is 120 Å². The highest BCUT2D eigenvalue weighted by Gasteiger charge is 2.21. The highest BCUT2D eigenvalue weighted by atomic mass is 16.5. The van der Waals surface area contributed by atoms with Crippen molar-refractivity contribution >= 4 is 35.5 Å².